The van der Waals surface area contributed by atoms with E-state index in [2.05, 4.69) is 10.4 Å². The van der Waals surface area contributed by atoms with Gasteiger partial charge in [0.15, 0.2) is 0 Å². The summed E-state index contributed by atoms with van der Waals surface area (Å²) in [6, 6.07) is 3.79. The van der Waals surface area contributed by atoms with Crippen molar-refractivity contribution in [3.8, 4) is 5.75 Å². The lowest BCUT2D eigenvalue weighted by Crippen LogP contribution is -2.10. The lowest BCUT2D eigenvalue weighted by molar-refractivity contribution is 0.467. The molecule has 0 saturated heterocycles. The third kappa shape index (κ3) is 2.57. The van der Waals surface area contributed by atoms with Crippen molar-refractivity contribution in [3.63, 3.8) is 0 Å². The van der Waals surface area contributed by atoms with E-state index in [0.717, 1.165) is 0 Å². The number of nitroso groups, excluding NO2 is 2. The Morgan fingerprint density at radius 1 is 1.40 bits per heavy atom. The lowest BCUT2D eigenvalue weighted by Gasteiger charge is -2.08. The number of hydrogen-bond acceptors (Lipinski definition) is 6. The molecule has 1 aromatic carbocycles. The van der Waals surface area contributed by atoms with Gasteiger partial charge in [0.1, 0.15) is 18.3 Å². The maximum absolute atomic E-state index is 10.4. The third-order valence-electron chi connectivity index (χ3n) is 2.07. The van der Waals surface area contributed by atoms with Gasteiger partial charge >= 0.3 is 0 Å². The molecule has 1 aromatic rings. The van der Waals surface area contributed by atoms with Crippen LogP contribution in [0.1, 0.15) is 17.2 Å². The van der Waals surface area contributed by atoms with Crippen LogP contribution in [0.4, 0.5) is 0 Å². The summed E-state index contributed by atoms with van der Waals surface area (Å²) in [7, 11) is 0. The average molecular weight is 209 g/mol. The molecule has 6 nitrogen and oxygen atoms in total. The van der Waals surface area contributed by atoms with E-state index < -0.39 is 6.04 Å². The van der Waals surface area contributed by atoms with Crippen molar-refractivity contribution in [3.05, 3.63) is 39.1 Å². The van der Waals surface area contributed by atoms with E-state index in [1.165, 1.54) is 12.1 Å². The molecule has 0 saturated carbocycles. The van der Waals surface area contributed by atoms with Crippen molar-refractivity contribution in [2.24, 2.45) is 16.1 Å². The van der Waals surface area contributed by atoms with E-state index in [-0.39, 0.29) is 18.8 Å². The van der Waals surface area contributed by atoms with Gasteiger partial charge in [-0.25, -0.2) is 0 Å². The zero-order valence-corrected chi connectivity index (χ0v) is 7.96. The van der Waals surface area contributed by atoms with Crippen molar-refractivity contribution >= 4 is 0 Å². The fourth-order valence-corrected chi connectivity index (χ4v) is 1.25. The van der Waals surface area contributed by atoms with Crippen LogP contribution in [0, 0.1) is 9.81 Å². The third-order valence-corrected chi connectivity index (χ3v) is 2.07. The molecule has 0 bridgehead atoms. The number of nitrogens with zero attached hydrogens (tertiary/aromatic N) is 2. The fourth-order valence-electron chi connectivity index (χ4n) is 1.25. The van der Waals surface area contributed by atoms with Gasteiger partial charge in [-0.3, -0.25) is 0 Å². The normalized spacial score (nSPS) is 12.1. The second-order valence-electron chi connectivity index (χ2n) is 3.03. The zero-order valence-electron chi connectivity index (χ0n) is 7.96. The van der Waals surface area contributed by atoms with Gasteiger partial charge in [0, 0.05) is 12.1 Å². The number of benzene rings is 1. The first-order valence-corrected chi connectivity index (χ1v) is 4.36. The van der Waals surface area contributed by atoms with E-state index in [9.17, 15) is 14.9 Å². The predicted molar refractivity (Wildman–Crippen MR) is 55.2 cm³/mol. The molecule has 1 rings (SSSR count). The van der Waals surface area contributed by atoms with Crippen molar-refractivity contribution in [2.75, 3.05) is 6.54 Å². The molecule has 0 aliphatic heterocycles. The van der Waals surface area contributed by atoms with Crippen molar-refractivity contribution in [2.45, 2.75) is 12.6 Å². The number of rotatable bonds is 5. The highest BCUT2D eigenvalue weighted by atomic mass is 16.3. The van der Waals surface area contributed by atoms with Crippen LogP contribution in [0.2, 0.25) is 0 Å². The second kappa shape index (κ2) is 5.16. The first-order valence-electron chi connectivity index (χ1n) is 4.36. The number of phenols is 1. The SMILES string of the molecule is NCC(N=O)c1ccc(O)c(CN=O)c1. The summed E-state index contributed by atoms with van der Waals surface area (Å²) >= 11 is 0. The smallest absolute Gasteiger partial charge is 0.129 e. The first kappa shape index (κ1) is 11.3. The summed E-state index contributed by atoms with van der Waals surface area (Å²) in [5, 5.41) is 14.9. The average Bonchev–Trinajstić information content (AvgIpc) is 2.25. The van der Waals surface area contributed by atoms with E-state index in [4.69, 9.17) is 5.73 Å². The molecule has 80 valence electrons. The van der Waals surface area contributed by atoms with Gasteiger partial charge in [0.2, 0.25) is 0 Å². The summed E-state index contributed by atoms with van der Waals surface area (Å²) in [5.41, 5.74) is 6.27. The molecule has 0 heterocycles. The maximum Gasteiger partial charge on any atom is 0.129 e. The molecule has 6 heteroatoms. The molecule has 0 spiro atoms. The van der Waals surface area contributed by atoms with Gasteiger partial charge in [-0.15, -0.1) is 0 Å². The molecule has 0 aliphatic carbocycles. The monoisotopic (exact) mass is 209 g/mol. The van der Waals surface area contributed by atoms with Gasteiger partial charge in [-0.1, -0.05) is 16.4 Å². The second-order valence-corrected chi connectivity index (χ2v) is 3.03. The Kier molecular flexibility index (Phi) is 3.87. The topological polar surface area (TPSA) is 105 Å². The lowest BCUT2D eigenvalue weighted by atomic mass is 10.0. The Hall–Kier alpha value is -1.82. The van der Waals surface area contributed by atoms with Crippen LogP contribution in [-0.2, 0) is 6.54 Å². The molecule has 0 fully saturated rings. The molecule has 0 aliphatic rings. The highest BCUT2D eigenvalue weighted by molar-refractivity contribution is 5.37. The Morgan fingerprint density at radius 3 is 2.67 bits per heavy atom. The minimum Gasteiger partial charge on any atom is -0.508 e. The van der Waals surface area contributed by atoms with Crippen LogP contribution in [0.5, 0.6) is 5.75 Å². The van der Waals surface area contributed by atoms with Crippen LogP contribution in [0.15, 0.2) is 28.6 Å². The quantitative estimate of drug-likeness (QED) is 0.715. The first-order chi connectivity index (χ1) is 7.22. The standard InChI is InChI=1S/C9H11N3O3/c10-4-8(12-15)6-1-2-9(13)7(3-6)5-11-14/h1-3,8,13H,4-5,10H2. The molecule has 15 heavy (non-hydrogen) atoms. The molecule has 0 amide bonds. The molecule has 1 unspecified atom stereocenters. The Bertz CT molecular complexity index is 368. The van der Waals surface area contributed by atoms with Gasteiger partial charge in [-0.2, -0.15) is 9.81 Å². The van der Waals surface area contributed by atoms with Crippen molar-refractivity contribution in [1.29, 1.82) is 0 Å². The zero-order chi connectivity index (χ0) is 11.3. The predicted octanol–water partition coefficient (Wildman–Crippen LogP) is 1.42. The molecule has 1 atom stereocenters. The summed E-state index contributed by atoms with van der Waals surface area (Å²) in [6.45, 7) is -0.0575. The Balaban J connectivity index is 3.05. The Morgan fingerprint density at radius 2 is 2.13 bits per heavy atom. The van der Waals surface area contributed by atoms with Crippen LogP contribution in [0.3, 0.4) is 0 Å². The van der Waals surface area contributed by atoms with Gasteiger partial charge in [0.05, 0.1) is 0 Å². The number of nitrogens with two attached hydrogens (primary N) is 1. The van der Waals surface area contributed by atoms with E-state index in [1.54, 1.807) is 6.07 Å². The highest BCUT2D eigenvalue weighted by Crippen LogP contribution is 2.24. The molecule has 0 radical (unpaired) electrons. The van der Waals surface area contributed by atoms with Crippen LogP contribution in [0.25, 0.3) is 0 Å². The summed E-state index contributed by atoms with van der Waals surface area (Å²) in [5.74, 6) is -0.0278. The van der Waals surface area contributed by atoms with Crippen molar-refractivity contribution in [1.82, 2.24) is 0 Å². The summed E-state index contributed by atoms with van der Waals surface area (Å²) in [6.07, 6.45) is 0. The molecular formula is C9H11N3O3. The van der Waals surface area contributed by atoms with Gasteiger partial charge < -0.3 is 10.8 Å². The minimum absolute atomic E-state index is 0.0278. The molecular weight excluding hydrogens is 198 g/mol. The van der Waals surface area contributed by atoms with Gasteiger partial charge in [-0.05, 0) is 17.7 Å². The Labute approximate surface area is 86.0 Å². The number of hydrogen-bond donors (Lipinski definition) is 2. The highest BCUT2D eigenvalue weighted by Gasteiger charge is 2.11. The van der Waals surface area contributed by atoms with E-state index in [0.29, 0.717) is 11.1 Å². The van der Waals surface area contributed by atoms with Gasteiger partial charge in [0.25, 0.3) is 0 Å². The van der Waals surface area contributed by atoms with E-state index in [1.807, 2.05) is 0 Å². The number of aromatic hydroxyl groups is 1. The maximum atomic E-state index is 10.4. The van der Waals surface area contributed by atoms with Crippen LogP contribution >= 0.6 is 0 Å². The summed E-state index contributed by atoms with van der Waals surface area (Å²) < 4.78 is 0. The molecule has 0 aromatic heterocycles. The fraction of sp³-hybridized carbons (Fsp3) is 0.333. The minimum atomic E-state index is -0.656. The largest absolute Gasteiger partial charge is 0.508 e. The summed E-state index contributed by atoms with van der Waals surface area (Å²) in [4.78, 5) is 20.5. The van der Waals surface area contributed by atoms with Crippen molar-refractivity contribution < 1.29 is 5.11 Å². The van der Waals surface area contributed by atoms with Crippen LogP contribution in [-0.4, -0.2) is 11.7 Å². The number of phenolic OH excluding ortho intramolecular Hbond substituents is 1. The van der Waals surface area contributed by atoms with E-state index >= 15 is 0 Å². The van der Waals surface area contributed by atoms with Crippen LogP contribution < -0.4 is 5.73 Å². The molecule has 3 N–H and O–H groups in total.